The van der Waals surface area contributed by atoms with Crippen LogP contribution in [0.15, 0.2) is 0 Å². The largest absolute Gasteiger partial charge is 0.381 e. The lowest BCUT2D eigenvalue weighted by atomic mass is 9.91. The Balaban J connectivity index is 2.39. The van der Waals surface area contributed by atoms with E-state index in [-0.39, 0.29) is 0 Å². The highest BCUT2D eigenvalue weighted by Gasteiger charge is 2.24. The van der Waals surface area contributed by atoms with Gasteiger partial charge < -0.3 is 15.0 Å². The van der Waals surface area contributed by atoms with E-state index in [0.717, 1.165) is 32.2 Å². The van der Waals surface area contributed by atoms with Crippen molar-refractivity contribution in [3.05, 3.63) is 0 Å². The van der Waals surface area contributed by atoms with Crippen molar-refractivity contribution >= 4 is 0 Å². The van der Waals surface area contributed by atoms with E-state index in [1.165, 1.54) is 12.8 Å². The molecule has 0 aliphatic carbocycles. The van der Waals surface area contributed by atoms with Crippen LogP contribution in [0.2, 0.25) is 0 Å². The minimum Gasteiger partial charge on any atom is -0.381 e. The summed E-state index contributed by atoms with van der Waals surface area (Å²) in [5, 5.41) is 3.44. The highest BCUT2D eigenvalue weighted by molar-refractivity contribution is 4.80. The van der Waals surface area contributed by atoms with E-state index in [4.69, 9.17) is 4.74 Å². The Hall–Kier alpha value is -0.120. The number of likely N-dealkylation sites (N-methyl/N-ethyl adjacent to an activating group) is 2. The fourth-order valence-corrected chi connectivity index (χ4v) is 2.16. The van der Waals surface area contributed by atoms with E-state index in [1.807, 2.05) is 0 Å². The quantitative estimate of drug-likeness (QED) is 0.715. The summed E-state index contributed by atoms with van der Waals surface area (Å²) in [7, 11) is 4.36. The van der Waals surface area contributed by atoms with Crippen LogP contribution in [-0.4, -0.2) is 51.3 Å². The van der Waals surface area contributed by atoms with Gasteiger partial charge in [-0.05, 0) is 39.4 Å². The molecule has 3 nitrogen and oxygen atoms in total. The lowest BCUT2D eigenvalue weighted by Gasteiger charge is -2.34. The first kappa shape index (κ1) is 12.0. The molecule has 1 heterocycles. The average molecular weight is 200 g/mol. The van der Waals surface area contributed by atoms with Gasteiger partial charge in [-0.2, -0.15) is 0 Å². The smallest absolute Gasteiger partial charge is 0.0469 e. The number of rotatable bonds is 5. The molecule has 84 valence electrons. The van der Waals surface area contributed by atoms with Gasteiger partial charge in [-0.3, -0.25) is 0 Å². The second-order valence-electron chi connectivity index (χ2n) is 4.29. The molecule has 1 saturated heterocycles. The minimum absolute atomic E-state index is 0.666. The molecule has 1 aliphatic rings. The van der Waals surface area contributed by atoms with Crippen molar-refractivity contribution in [1.29, 1.82) is 0 Å². The van der Waals surface area contributed by atoms with Gasteiger partial charge in [0, 0.05) is 25.8 Å². The van der Waals surface area contributed by atoms with Crippen molar-refractivity contribution < 1.29 is 4.74 Å². The number of hydrogen-bond acceptors (Lipinski definition) is 3. The molecule has 1 N–H and O–H groups in total. The summed E-state index contributed by atoms with van der Waals surface area (Å²) < 4.78 is 5.40. The average Bonchev–Trinajstić information content (AvgIpc) is 2.19. The fraction of sp³-hybridized carbons (Fsp3) is 1.00. The van der Waals surface area contributed by atoms with E-state index < -0.39 is 0 Å². The molecule has 1 rings (SSSR count). The Morgan fingerprint density at radius 1 is 1.36 bits per heavy atom. The summed E-state index contributed by atoms with van der Waals surface area (Å²) in [5.74, 6) is 0.804. The maximum Gasteiger partial charge on any atom is 0.0469 e. The molecule has 0 aromatic rings. The van der Waals surface area contributed by atoms with Crippen LogP contribution in [0.4, 0.5) is 0 Å². The Kier molecular flexibility index (Phi) is 5.45. The molecule has 0 saturated carbocycles. The molecule has 1 atom stereocenters. The first-order valence-corrected chi connectivity index (χ1v) is 5.70. The molecule has 0 bridgehead atoms. The van der Waals surface area contributed by atoms with Gasteiger partial charge in [0.1, 0.15) is 0 Å². The summed E-state index contributed by atoms with van der Waals surface area (Å²) in [6.45, 7) is 6.22. The standard InChI is InChI=1S/C11H24N2O/c1-4-12-9-11(13(2)3)10-5-7-14-8-6-10/h10-12H,4-9H2,1-3H3. The molecule has 3 heteroatoms. The van der Waals surface area contributed by atoms with Crippen molar-refractivity contribution in [3.63, 3.8) is 0 Å². The van der Waals surface area contributed by atoms with Gasteiger partial charge in [0.15, 0.2) is 0 Å². The Labute approximate surface area is 87.8 Å². The predicted octanol–water partition coefficient (Wildman–Crippen LogP) is 0.953. The summed E-state index contributed by atoms with van der Waals surface area (Å²) >= 11 is 0. The van der Waals surface area contributed by atoms with Crippen molar-refractivity contribution in [2.75, 3.05) is 40.4 Å². The molecule has 0 spiro atoms. The fourth-order valence-electron chi connectivity index (χ4n) is 2.16. The molecule has 0 aromatic carbocycles. The summed E-state index contributed by atoms with van der Waals surface area (Å²) in [6, 6.07) is 0.666. The second kappa shape index (κ2) is 6.38. The Bertz CT molecular complexity index is 144. The summed E-state index contributed by atoms with van der Waals surface area (Å²) in [6.07, 6.45) is 2.43. The van der Waals surface area contributed by atoms with E-state index in [1.54, 1.807) is 0 Å². The van der Waals surface area contributed by atoms with Gasteiger partial charge in [0.2, 0.25) is 0 Å². The Morgan fingerprint density at radius 3 is 2.50 bits per heavy atom. The summed E-state index contributed by atoms with van der Waals surface area (Å²) in [4.78, 5) is 2.35. The maximum atomic E-state index is 5.40. The predicted molar refractivity (Wildman–Crippen MR) is 59.6 cm³/mol. The zero-order valence-corrected chi connectivity index (χ0v) is 9.75. The van der Waals surface area contributed by atoms with Crippen molar-refractivity contribution in [3.8, 4) is 0 Å². The lowest BCUT2D eigenvalue weighted by Crippen LogP contribution is -2.45. The van der Waals surface area contributed by atoms with Gasteiger partial charge in [-0.1, -0.05) is 6.92 Å². The Morgan fingerprint density at radius 2 is 2.00 bits per heavy atom. The maximum absolute atomic E-state index is 5.40. The van der Waals surface area contributed by atoms with Gasteiger partial charge in [-0.15, -0.1) is 0 Å². The third-order valence-corrected chi connectivity index (χ3v) is 3.08. The van der Waals surface area contributed by atoms with Crippen LogP contribution < -0.4 is 5.32 Å². The third-order valence-electron chi connectivity index (χ3n) is 3.08. The van der Waals surface area contributed by atoms with Crippen LogP contribution in [0, 0.1) is 5.92 Å². The molecule has 0 radical (unpaired) electrons. The molecular formula is C11H24N2O. The second-order valence-corrected chi connectivity index (χ2v) is 4.29. The van der Waals surface area contributed by atoms with Crippen LogP contribution in [0.5, 0.6) is 0 Å². The third kappa shape index (κ3) is 3.56. The van der Waals surface area contributed by atoms with Crippen LogP contribution in [0.25, 0.3) is 0 Å². The lowest BCUT2D eigenvalue weighted by molar-refractivity contribution is 0.0369. The minimum atomic E-state index is 0.666. The van der Waals surface area contributed by atoms with E-state index in [2.05, 4.69) is 31.2 Å². The van der Waals surface area contributed by atoms with Crippen molar-refractivity contribution in [2.24, 2.45) is 5.92 Å². The topological polar surface area (TPSA) is 24.5 Å². The van der Waals surface area contributed by atoms with E-state index in [9.17, 15) is 0 Å². The van der Waals surface area contributed by atoms with Crippen molar-refractivity contribution in [1.82, 2.24) is 10.2 Å². The SMILES string of the molecule is CCNCC(C1CCOCC1)N(C)C. The number of nitrogens with one attached hydrogen (secondary N) is 1. The summed E-state index contributed by atoms with van der Waals surface area (Å²) in [5.41, 5.74) is 0. The molecular weight excluding hydrogens is 176 g/mol. The molecule has 1 fully saturated rings. The van der Waals surface area contributed by atoms with E-state index >= 15 is 0 Å². The van der Waals surface area contributed by atoms with Crippen molar-refractivity contribution in [2.45, 2.75) is 25.8 Å². The van der Waals surface area contributed by atoms with Crippen LogP contribution in [-0.2, 0) is 4.74 Å². The van der Waals surface area contributed by atoms with Gasteiger partial charge in [-0.25, -0.2) is 0 Å². The number of hydrogen-bond donors (Lipinski definition) is 1. The first-order valence-electron chi connectivity index (χ1n) is 5.70. The molecule has 0 amide bonds. The number of ether oxygens (including phenoxy) is 1. The number of nitrogens with zero attached hydrogens (tertiary/aromatic N) is 1. The monoisotopic (exact) mass is 200 g/mol. The molecule has 14 heavy (non-hydrogen) atoms. The van der Waals surface area contributed by atoms with Crippen LogP contribution >= 0.6 is 0 Å². The molecule has 0 aromatic heterocycles. The van der Waals surface area contributed by atoms with Crippen LogP contribution in [0.3, 0.4) is 0 Å². The highest BCUT2D eigenvalue weighted by atomic mass is 16.5. The highest BCUT2D eigenvalue weighted by Crippen LogP contribution is 2.21. The molecule has 1 unspecified atom stereocenters. The van der Waals surface area contributed by atoms with Gasteiger partial charge in [0.05, 0.1) is 0 Å². The van der Waals surface area contributed by atoms with E-state index in [0.29, 0.717) is 6.04 Å². The van der Waals surface area contributed by atoms with Gasteiger partial charge >= 0.3 is 0 Å². The normalized spacial score (nSPS) is 21.4. The first-order chi connectivity index (χ1) is 6.75. The van der Waals surface area contributed by atoms with Crippen LogP contribution in [0.1, 0.15) is 19.8 Å². The van der Waals surface area contributed by atoms with Gasteiger partial charge in [0.25, 0.3) is 0 Å². The molecule has 1 aliphatic heterocycles. The zero-order chi connectivity index (χ0) is 10.4. The zero-order valence-electron chi connectivity index (χ0n) is 9.75.